The van der Waals surface area contributed by atoms with Crippen LogP contribution in [0.4, 0.5) is 5.13 Å². The third-order valence-electron chi connectivity index (χ3n) is 5.06. The number of anilines is 1. The molecular weight excluding hydrogens is 406 g/mol. The lowest BCUT2D eigenvalue weighted by Gasteiger charge is -2.34. The summed E-state index contributed by atoms with van der Waals surface area (Å²) in [5.74, 6) is 0.279. The molecule has 0 bridgehead atoms. The Morgan fingerprint density at radius 3 is 2.45 bits per heavy atom. The zero-order valence-electron chi connectivity index (χ0n) is 17.6. The number of rotatable bonds is 4. The van der Waals surface area contributed by atoms with Gasteiger partial charge in [0, 0.05) is 29.4 Å². The van der Waals surface area contributed by atoms with Gasteiger partial charge in [0.1, 0.15) is 0 Å². The molecule has 8 heteroatoms. The van der Waals surface area contributed by atoms with Gasteiger partial charge in [-0.25, -0.2) is 13.4 Å². The van der Waals surface area contributed by atoms with Crippen LogP contribution in [0.2, 0.25) is 0 Å². The number of sulfonamides is 1. The van der Waals surface area contributed by atoms with Crippen LogP contribution in [0.3, 0.4) is 0 Å². The van der Waals surface area contributed by atoms with Crippen molar-refractivity contribution in [3.8, 4) is 0 Å². The van der Waals surface area contributed by atoms with Gasteiger partial charge in [-0.3, -0.25) is 10.1 Å². The number of hydrogen-bond donors (Lipinski definition) is 1. The van der Waals surface area contributed by atoms with Crippen molar-refractivity contribution < 1.29 is 13.2 Å². The molecule has 0 spiro atoms. The van der Waals surface area contributed by atoms with E-state index >= 15 is 0 Å². The Labute approximate surface area is 177 Å². The molecule has 158 valence electrons. The fourth-order valence-corrected chi connectivity index (χ4v) is 6.25. The predicted octanol–water partition coefficient (Wildman–Crippen LogP) is 4.36. The van der Waals surface area contributed by atoms with Crippen molar-refractivity contribution >= 4 is 32.4 Å². The van der Waals surface area contributed by atoms with E-state index in [0.717, 1.165) is 12.1 Å². The Morgan fingerprint density at radius 1 is 1.21 bits per heavy atom. The molecule has 6 nitrogen and oxygen atoms in total. The second kappa shape index (κ2) is 8.16. The molecule has 3 rings (SSSR count). The van der Waals surface area contributed by atoms with E-state index in [1.807, 2.05) is 5.38 Å². The average Bonchev–Trinajstić information content (AvgIpc) is 3.10. The van der Waals surface area contributed by atoms with E-state index in [0.29, 0.717) is 35.6 Å². The van der Waals surface area contributed by atoms with Gasteiger partial charge < -0.3 is 0 Å². The third-order valence-corrected chi connectivity index (χ3v) is 7.65. The molecule has 2 unspecified atom stereocenters. The lowest BCUT2D eigenvalue weighted by molar-refractivity contribution is 0.102. The van der Waals surface area contributed by atoms with Gasteiger partial charge in [-0.05, 0) is 36.5 Å². The monoisotopic (exact) mass is 435 g/mol. The van der Waals surface area contributed by atoms with Crippen LogP contribution >= 0.6 is 11.3 Å². The van der Waals surface area contributed by atoms with E-state index in [1.165, 1.54) is 17.4 Å². The molecule has 1 N–H and O–H groups in total. The summed E-state index contributed by atoms with van der Waals surface area (Å²) in [4.78, 5) is 17.3. The first-order valence-electron chi connectivity index (χ1n) is 9.84. The topological polar surface area (TPSA) is 79.4 Å². The van der Waals surface area contributed by atoms with E-state index in [2.05, 4.69) is 44.9 Å². The molecule has 0 saturated carbocycles. The summed E-state index contributed by atoms with van der Waals surface area (Å²) >= 11 is 1.36. The number of thiazole rings is 1. The quantitative estimate of drug-likeness (QED) is 0.774. The van der Waals surface area contributed by atoms with Gasteiger partial charge in [-0.2, -0.15) is 4.31 Å². The molecule has 1 amide bonds. The van der Waals surface area contributed by atoms with E-state index in [1.54, 1.807) is 22.5 Å². The van der Waals surface area contributed by atoms with Crippen LogP contribution in [-0.4, -0.2) is 36.7 Å². The number of nitrogens with one attached hydrogen (secondary N) is 1. The molecule has 1 aromatic heterocycles. The van der Waals surface area contributed by atoms with E-state index < -0.39 is 10.0 Å². The molecule has 2 heterocycles. The molecule has 0 radical (unpaired) electrons. The number of aromatic nitrogens is 1. The summed E-state index contributed by atoms with van der Waals surface area (Å²) < 4.78 is 27.8. The molecule has 2 aromatic rings. The normalized spacial score (nSPS) is 21.1. The summed E-state index contributed by atoms with van der Waals surface area (Å²) in [5, 5.41) is 5.22. The number of carbonyl (C=O) groups excluding carboxylic acids is 1. The number of nitrogens with zero attached hydrogens (tertiary/aromatic N) is 2. The summed E-state index contributed by atoms with van der Waals surface area (Å²) in [6.45, 7) is 11.3. The van der Waals surface area contributed by atoms with Crippen molar-refractivity contribution in [3.05, 3.63) is 40.9 Å². The van der Waals surface area contributed by atoms with Crippen molar-refractivity contribution in [1.29, 1.82) is 0 Å². The first kappa shape index (κ1) is 21.9. The molecule has 29 heavy (non-hydrogen) atoms. The molecule has 1 aliphatic rings. The van der Waals surface area contributed by atoms with Crippen molar-refractivity contribution in [2.45, 2.75) is 51.3 Å². The average molecular weight is 436 g/mol. The van der Waals surface area contributed by atoms with Crippen molar-refractivity contribution in [2.24, 2.45) is 11.8 Å². The maximum atomic E-state index is 13.1. The Kier molecular flexibility index (Phi) is 6.17. The van der Waals surface area contributed by atoms with Gasteiger partial charge in [0.25, 0.3) is 5.91 Å². The van der Waals surface area contributed by atoms with Crippen molar-refractivity contribution in [2.75, 3.05) is 18.4 Å². The van der Waals surface area contributed by atoms with E-state index in [-0.39, 0.29) is 16.2 Å². The summed E-state index contributed by atoms with van der Waals surface area (Å²) in [7, 11) is -3.63. The minimum Gasteiger partial charge on any atom is -0.298 e. The van der Waals surface area contributed by atoms with Gasteiger partial charge in [-0.1, -0.05) is 40.7 Å². The van der Waals surface area contributed by atoms with Crippen LogP contribution in [0, 0.1) is 11.8 Å². The van der Waals surface area contributed by atoms with Crippen molar-refractivity contribution in [1.82, 2.24) is 9.29 Å². The number of benzene rings is 1. The molecule has 1 saturated heterocycles. The predicted molar refractivity (Wildman–Crippen MR) is 117 cm³/mol. The Hall–Kier alpha value is -1.77. The van der Waals surface area contributed by atoms with Gasteiger partial charge in [0.2, 0.25) is 10.0 Å². The Morgan fingerprint density at radius 2 is 1.86 bits per heavy atom. The first-order valence-corrected chi connectivity index (χ1v) is 12.2. The highest BCUT2D eigenvalue weighted by atomic mass is 32.2. The van der Waals surface area contributed by atoms with E-state index in [9.17, 15) is 13.2 Å². The highest BCUT2D eigenvalue weighted by Crippen LogP contribution is 2.28. The fourth-order valence-electron chi connectivity index (χ4n) is 3.59. The molecule has 1 aromatic carbocycles. The number of piperidine rings is 1. The molecule has 1 fully saturated rings. The third kappa shape index (κ3) is 5.05. The SMILES string of the molecule is CC1CC(C)CN(S(=O)(=O)c2cccc(C(=O)Nc3nc(C(C)(C)C)cs3)c2)C1. The summed E-state index contributed by atoms with van der Waals surface area (Å²) in [6, 6.07) is 6.24. The second-order valence-corrected chi connectivity index (χ2v) is 11.8. The smallest absolute Gasteiger partial charge is 0.257 e. The fraction of sp³-hybridized carbons (Fsp3) is 0.524. The minimum absolute atomic E-state index is 0.101. The molecular formula is C21H29N3O3S2. The lowest BCUT2D eigenvalue weighted by Crippen LogP contribution is -2.42. The van der Waals surface area contributed by atoms with Crippen LogP contribution in [-0.2, 0) is 15.4 Å². The Bertz CT molecular complexity index is 983. The van der Waals surface area contributed by atoms with Crippen molar-refractivity contribution in [3.63, 3.8) is 0 Å². The molecule has 2 atom stereocenters. The minimum atomic E-state index is -3.63. The Balaban J connectivity index is 1.80. The molecule has 0 aliphatic carbocycles. The van der Waals surface area contributed by atoms with Gasteiger partial charge in [0.15, 0.2) is 5.13 Å². The number of carbonyl (C=O) groups is 1. The van der Waals surface area contributed by atoms with Gasteiger partial charge in [0.05, 0.1) is 10.6 Å². The second-order valence-electron chi connectivity index (χ2n) is 9.04. The van der Waals surface area contributed by atoms with Gasteiger partial charge in [-0.15, -0.1) is 11.3 Å². The number of amides is 1. The van der Waals surface area contributed by atoms with E-state index in [4.69, 9.17) is 0 Å². The van der Waals surface area contributed by atoms with Crippen LogP contribution in [0.15, 0.2) is 34.5 Å². The summed E-state index contributed by atoms with van der Waals surface area (Å²) in [6.07, 6.45) is 1.03. The zero-order chi connectivity index (χ0) is 21.4. The maximum Gasteiger partial charge on any atom is 0.257 e. The van der Waals surface area contributed by atoms with Crippen LogP contribution < -0.4 is 5.32 Å². The maximum absolute atomic E-state index is 13.1. The summed E-state index contributed by atoms with van der Waals surface area (Å²) in [5.41, 5.74) is 1.11. The van der Waals surface area contributed by atoms with Gasteiger partial charge >= 0.3 is 0 Å². The van der Waals surface area contributed by atoms with Crippen LogP contribution in [0.25, 0.3) is 0 Å². The highest BCUT2D eigenvalue weighted by Gasteiger charge is 2.32. The first-order chi connectivity index (χ1) is 13.5. The largest absolute Gasteiger partial charge is 0.298 e. The van der Waals surface area contributed by atoms with Crippen LogP contribution in [0.5, 0.6) is 0 Å². The standard InChI is InChI=1S/C21H29N3O3S2/c1-14-9-15(2)12-24(11-14)29(26,27)17-8-6-7-16(10-17)19(25)23-20-22-18(13-28-20)21(3,4)5/h6-8,10,13-15H,9,11-12H2,1-5H3,(H,22,23,25). The zero-order valence-corrected chi connectivity index (χ0v) is 19.2. The van der Waals surface area contributed by atoms with Crippen LogP contribution in [0.1, 0.15) is 57.1 Å². The molecule has 1 aliphatic heterocycles. The number of hydrogen-bond acceptors (Lipinski definition) is 5. The lowest BCUT2D eigenvalue weighted by atomic mass is 9.93. The highest BCUT2D eigenvalue weighted by molar-refractivity contribution is 7.89.